The zero-order valence-electron chi connectivity index (χ0n) is 21.9. The molecule has 8 heteroatoms. The molecule has 1 aliphatic carbocycles. The second-order valence-electron chi connectivity index (χ2n) is 10.8. The van der Waals surface area contributed by atoms with Crippen LogP contribution in [0.1, 0.15) is 64.5 Å². The van der Waals surface area contributed by atoms with E-state index < -0.39 is 17.7 Å². The summed E-state index contributed by atoms with van der Waals surface area (Å²) in [5, 5.41) is 28.6. The van der Waals surface area contributed by atoms with E-state index >= 15 is 0 Å². The Morgan fingerprint density at radius 2 is 2.00 bits per heavy atom. The Balaban J connectivity index is 1.64. The highest BCUT2D eigenvalue weighted by molar-refractivity contribution is 5.90. The zero-order chi connectivity index (χ0) is 26.0. The molecule has 1 aromatic heterocycles. The number of aryl methyl sites for hydroxylation is 2. The van der Waals surface area contributed by atoms with Crippen LogP contribution in [0, 0.1) is 11.8 Å². The average Bonchev–Trinajstić information content (AvgIpc) is 3.47. The molecule has 36 heavy (non-hydrogen) atoms. The second kappa shape index (κ2) is 10.7. The maximum Gasteiger partial charge on any atom is 0.243 e. The van der Waals surface area contributed by atoms with E-state index in [1.807, 2.05) is 43.7 Å². The van der Waals surface area contributed by atoms with Crippen LogP contribution in [0.15, 0.2) is 30.5 Å². The summed E-state index contributed by atoms with van der Waals surface area (Å²) in [5.41, 5.74) is 3.20. The molecule has 3 N–H and O–H groups in total. The summed E-state index contributed by atoms with van der Waals surface area (Å²) in [4.78, 5) is 28.3. The fourth-order valence-corrected chi connectivity index (χ4v) is 5.64. The van der Waals surface area contributed by atoms with Gasteiger partial charge in [-0.1, -0.05) is 39.3 Å². The number of rotatable bonds is 7. The van der Waals surface area contributed by atoms with Gasteiger partial charge in [0.2, 0.25) is 11.8 Å². The minimum Gasteiger partial charge on any atom is -0.394 e. The Kier molecular flexibility index (Phi) is 7.85. The molecule has 1 fully saturated rings. The number of aliphatic hydroxyl groups excluding tert-OH is 2. The highest BCUT2D eigenvalue weighted by Crippen LogP contribution is 2.37. The number of carbonyl (C=O) groups excluding carboxylic acids is 2. The summed E-state index contributed by atoms with van der Waals surface area (Å²) in [7, 11) is 0. The number of nitrogens with zero attached hydrogens (tertiary/aromatic N) is 3. The predicted molar refractivity (Wildman–Crippen MR) is 138 cm³/mol. The molecule has 4 atom stereocenters. The van der Waals surface area contributed by atoms with Crippen molar-refractivity contribution in [3.63, 3.8) is 0 Å². The maximum absolute atomic E-state index is 13.7. The number of benzene rings is 1. The van der Waals surface area contributed by atoms with Gasteiger partial charge in [0.1, 0.15) is 6.04 Å². The Bertz CT molecular complexity index is 1100. The first kappa shape index (κ1) is 26.4. The fourth-order valence-electron chi connectivity index (χ4n) is 5.64. The van der Waals surface area contributed by atoms with Crippen LogP contribution in [0.3, 0.4) is 0 Å². The van der Waals surface area contributed by atoms with Crippen molar-refractivity contribution in [2.45, 2.75) is 84.0 Å². The summed E-state index contributed by atoms with van der Waals surface area (Å²) in [6, 6.07) is 7.45. The molecule has 196 valence electrons. The van der Waals surface area contributed by atoms with E-state index in [4.69, 9.17) is 0 Å². The third kappa shape index (κ3) is 4.93. The van der Waals surface area contributed by atoms with Crippen molar-refractivity contribution in [2.24, 2.45) is 11.8 Å². The summed E-state index contributed by atoms with van der Waals surface area (Å²) in [6.45, 7) is 8.58. The molecule has 2 aromatic rings. The monoisotopic (exact) mass is 496 g/mol. The number of fused-ring (bicyclic) bond motifs is 1. The van der Waals surface area contributed by atoms with Gasteiger partial charge >= 0.3 is 0 Å². The Hall–Kier alpha value is -2.71. The average molecular weight is 497 g/mol. The molecule has 0 spiro atoms. The van der Waals surface area contributed by atoms with E-state index in [2.05, 4.69) is 23.4 Å². The van der Waals surface area contributed by atoms with Gasteiger partial charge in [-0.05, 0) is 55.4 Å². The zero-order valence-corrected chi connectivity index (χ0v) is 21.9. The van der Waals surface area contributed by atoms with E-state index in [0.29, 0.717) is 6.42 Å². The van der Waals surface area contributed by atoms with Crippen LogP contribution in [-0.4, -0.2) is 62.0 Å². The molecule has 2 heterocycles. The summed E-state index contributed by atoms with van der Waals surface area (Å²) in [5.74, 6) is -0.537. The van der Waals surface area contributed by atoms with Gasteiger partial charge in [-0.3, -0.25) is 14.3 Å². The molecular weight excluding hydrogens is 456 g/mol. The van der Waals surface area contributed by atoms with E-state index in [1.54, 1.807) is 6.20 Å². The lowest BCUT2D eigenvalue weighted by molar-refractivity contribution is -0.143. The Morgan fingerprint density at radius 1 is 1.22 bits per heavy atom. The molecule has 0 radical (unpaired) electrons. The van der Waals surface area contributed by atoms with Crippen molar-refractivity contribution >= 4 is 11.8 Å². The SMILES string of the molecule is CCn1nccc1-c1ccc2c(c1)CCCCC2(CO)NC(=O)C1CC(O)CN1C(=O)C(C)C(C)C. The number of amides is 2. The number of carbonyl (C=O) groups is 2. The molecule has 4 rings (SSSR count). The number of β-amino-alcohol motifs (C(OH)–C–C–N with tert-alkyl or cyclic N) is 1. The van der Waals surface area contributed by atoms with Gasteiger partial charge in [-0.2, -0.15) is 5.10 Å². The number of aromatic nitrogens is 2. The predicted octanol–water partition coefficient (Wildman–Crippen LogP) is 2.85. The minimum atomic E-state index is -0.932. The van der Waals surface area contributed by atoms with Crippen LogP contribution in [0.2, 0.25) is 0 Å². The lowest BCUT2D eigenvalue weighted by atomic mass is 9.83. The largest absolute Gasteiger partial charge is 0.394 e. The van der Waals surface area contributed by atoms with Crippen molar-refractivity contribution < 1.29 is 19.8 Å². The Labute approximate surface area is 213 Å². The summed E-state index contributed by atoms with van der Waals surface area (Å²) in [6.07, 6.45) is 4.56. The number of nitrogens with one attached hydrogen (secondary N) is 1. The van der Waals surface area contributed by atoms with Crippen LogP contribution in [0.25, 0.3) is 11.3 Å². The van der Waals surface area contributed by atoms with E-state index in [9.17, 15) is 19.8 Å². The van der Waals surface area contributed by atoms with E-state index in [-0.39, 0.29) is 43.2 Å². The van der Waals surface area contributed by atoms with Crippen molar-refractivity contribution in [1.29, 1.82) is 0 Å². The Morgan fingerprint density at radius 3 is 2.69 bits per heavy atom. The molecule has 4 unspecified atom stereocenters. The first-order valence-corrected chi connectivity index (χ1v) is 13.3. The van der Waals surface area contributed by atoms with Gasteiger partial charge < -0.3 is 20.4 Å². The van der Waals surface area contributed by atoms with Crippen LogP contribution in [0.4, 0.5) is 0 Å². The van der Waals surface area contributed by atoms with Gasteiger partial charge in [0.15, 0.2) is 0 Å². The van der Waals surface area contributed by atoms with Crippen molar-refractivity contribution in [1.82, 2.24) is 20.0 Å². The van der Waals surface area contributed by atoms with E-state index in [1.165, 1.54) is 4.90 Å². The quantitative estimate of drug-likeness (QED) is 0.511. The van der Waals surface area contributed by atoms with Crippen LogP contribution >= 0.6 is 0 Å². The number of hydrogen-bond donors (Lipinski definition) is 3. The van der Waals surface area contributed by atoms with Gasteiger partial charge in [-0.25, -0.2) is 0 Å². The first-order valence-electron chi connectivity index (χ1n) is 13.3. The summed E-state index contributed by atoms with van der Waals surface area (Å²) >= 11 is 0. The molecular formula is C28H40N4O4. The van der Waals surface area contributed by atoms with Crippen molar-refractivity contribution in [2.75, 3.05) is 13.2 Å². The maximum atomic E-state index is 13.7. The van der Waals surface area contributed by atoms with Gasteiger partial charge in [0.05, 0.1) is 23.9 Å². The number of aliphatic hydroxyl groups is 2. The topological polar surface area (TPSA) is 108 Å². The van der Waals surface area contributed by atoms with Gasteiger partial charge in [-0.15, -0.1) is 0 Å². The molecule has 2 amide bonds. The minimum absolute atomic E-state index is 0.113. The highest BCUT2D eigenvalue weighted by atomic mass is 16.3. The second-order valence-corrected chi connectivity index (χ2v) is 10.8. The van der Waals surface area contributed by atoms with Crippen molar-refractivity contribution in [3.05, 3.63) is 41.6 Å². The molecule has 8 nitrogen and oxygen atoms in total. The summed E-state index contributed by atoms with van der Waals surface area (Å²) < 4.78 is 1.95. The lowest BCUT2D eigenvalue weighted by Crippen LogP contribution is -2.55. The first-order chi connectivity index (χ1) is 17.2. The standard InChI is InChI=1S/C28H40N4O4/c1-5-32-24(11-13-29-32)21-9-10-23-20(14-21)8-6-7-12-28(23,17-33)30-26(35)25-15-22(34)16-31(25)27(36)19(4)18(2)3/h9-11,13-14,18-19,22,25,33-34H,5-8,12,15-17H2,1-4H3,(H,30,35). The van der Waals surface area contributed by atoms with Gasteiger partial charge in [0.25, 0.3) is 0 Å². The number of hydrogen-bond acceptors (Lipinski definition) is 5. The van der Waals surface area contributed by atoms with Gasteiger partial charge in [0, 0.05) is 37.2 Å². The smallest absolute Gasteiger partial charge is 0.243 e. The molecule has 2 aliphatic rings. The van der Waals surface area contributed by atoms with Crippen LogP contribution in [-0.2, 0) is 28.1 Å². The third-order valence-corrected chi connectivity index (χ3v) is 8.12. The van der Waals surface area contributed by atoms with Crippen molar-refractivity contribution in [3.8, 4) is 11.3 Å². The molecule has 1 aliphatic heterocycles. The van der Waals surface area contributed by atoms with Crippen LogP contribution in [0.5, 0.6) is 0 Å². The highest BCUT2D eigenvalue weighted by Gasteiger charge is 2.44. The fraction of sp³-hybridized carbons (Fsp3) is 0.607. The third-order valence-electron chi connectivity index (χ3n) is 8.12. The van der Waals surface area contributed by atoms with E-state index in [0.717, 1.165) is 48.2 Å². The molecule has 1 aromatic carbocycles. The molecule has 0 bridgehead atoms. The normalized spacial score (nSPS) is 24.9. The van der Waals surface area contributed by atoms with Crippen LogP contribution < -0.4 is 5.32 Å². The molecule has 1 saturated heterocycles. The lowest BCUT2D eigenvalue weighted by Gasteiger charge is -2.36. The molecule has 0 saturated carbocycles. The number of likely N-dealkylation sites (tertiary alicyclic amines) is 1.